The number of aliphatic hydroxyl groups excluding tert-OH is 1. The molecule has 0 saturated carbocycles. The first-order chi connectivity index (χ1) is 11.0. The minimum absolute atomic E-state index is 0.127. The molecule has 2 heterocycles. The maximum atomic E-state index is 13.7. The van der Waals surface area contributed by atoms with Gasteiger partial charge in [0.25, 0.3) is 0 Å². The number of rotatable bonds is 4. The zero-order chi connectivity index (χ0) is 16.6. The highest BCUT2D eigenvalue weighted by atomic mass is 19.1. The molecule has 0 saturated heterocycles. The molecule has 0 aliphatic carbocycles. The lowest BCUT2D eigenvalue weighted by molar-refractivity contribution is 0.274. The lowest BCUT2D eigenvalue weighted by atomic mass is 10.2. The minimum Gasteiger partial charge on any atom is -0.485 e. The Hall–Kier alpha value is -2.47. The lowest BCUT2D eigenvalue weighted by Gasteiger charge is -2.10. The number of aliphatic hydroxyl groups is 1. The molecule has 0 aliphatic rings. The Morgan fingerprint density at radius 1 is 1.22 bits per heavy atom. The molecule has 1 aromatic carbocycles. The molecule has 4 nitrogen and oxygen atoms in total. The molecule has 1 N–H and O–H groups in total. The van der Waals surface area contributed by atoms with E-state index in [9.17, 15) is 13.9 Å². The highest BCUT2D eigenvalue weighted by molar-refractivity contribution is 5.57. The monoisotopic (exact) mass is 318 g/mol. The molecular weight excluding hydrogens is 302 g/mol. The summed E-state index contributed by atoms with van der Waals surface area (Å²) in [5.74, 6) is -0.885. The van der Waals surface area contributed by atoms with Crippen LogP contribution in [0.5, 0.6) is 5.75 Å². The molecule has 23 heavy (non-hydrogen) atoms. The van der Waals surface area contributed by atoms with Crippen LogP contribution in [-0.4, -0.2) is 14.5 Å². The van der Waals surface area contributed by atoms with Crippen molar-refractivity contribution in [3.05, 3.63) is 64.6 Å². The van der Waals surface area contributed by atoms with Crippen LogP contribution in [0.15, 0.2) is 30.5 Å². The van der Waals surface area contributed by atoms with Gasteiger partial charge in [-0.1, -0.05) is 6.07 Å². The zero-order valence-corrected chi connectivity index (χ0v) is 12.8. The zero-order valence-electron chi connectivity index (χ0n) is 12.8. The average Bonchev–Trinajstić information content (AvgIpc) is 2.82. The van der Waals surface area contributed by atoms with E-state index in [0.29, 0.717) is 22.8 Å². The van der Waals surface area contributed by atoms with E-state index in [1.165, 1.54) is 18.2 Å². The van der Waals surface area contributed by atoms with E-state index < -0.39 is 11.6 Å². The molecule has 0 aliphatic heterocycles. The highest BCUT2D eigenvalue weighted by Gasteiger charge is 2.15. The third-order valence-electron chi connectivity index (χ3n) is 3.71. The van der Waals surface area contributed by atoms with Crippen LogP contribution < -0.4 is 4.74 Å². The van der Waals surface area contributed by atoms with Crippen LogP contribution in [-0.2, 0) is 13.2 Å². The standard InChI is InChI=1S/C17H16F2N2O2/c1-10-6-16(17-20-11(2)15(8-22)21(17)7-10)23-9-12-13(18)4-3-5-14(12)19/h3-7,22H,8-9H2,1-2H3. The smallest absolute Gasteiger partial charge is 0.180 e. The first-order valence-corrected chi connectivity index (χ1v) is 7.16. The largest absolute Gasteiger partial charge is 0.485 e. The number of pyridine rings is 1. The fraction of sp³-hybridized carbons (Fsp3) is 0.235. The Morgan fingerprint density at radius 2 is 1.91 bits per heavy atom. The van der Waals surface area contributed by atoms with Crippen molar-refractivity contribution in [3.63, 3.8) is 0 Å². The number of aryl methyl sites for hydroxylation is 2. The SMILES string of the molecule is Cc1cc(OCc2c(F)cccc2F)c2nc(C)c(CO)n2c1. The first kappa shape index (κ1) is 15.4. The number of imidazole rings is 1. The van der Waals surface area contributed by atoms with E-state index in [2.05, 4.69) is 4.98 Å². The van der Waals surface area contributed by atoms with Gasteiger partial charge in [0.15, 0.2) is 11.4 Å². The van der Waals surface area contributed by atoms with Gasteiger partial charge in [-0.3, -0.25) is 4.40 Å². The summed E-state index contributed by atoms with van der Waals surface area (Å²) in [6, 6.07) is 5.44. The molecule has 3 rings (SSSR count). The van der Waals surface area contributed by atoms with Gasteiger partial charge in [0.05, 0.1) is 23.6 Å². The predicted molar refractivity (Wildman–Crippen MR) is 81.3 cm³/mol. The maximum Gasteiger partial charge on any atom is 0.180 e. The van der Waals surface area contributed by atoms with E-state index in [1.807, 2.05) is 13.1 Å². The molecule has 2 aromatic heterocycles. The number of nitrogens with zero attached hydrogens (tertiary/aromatic N) is 2. The van der Waals surface area contributed by atoms with Crippen molar-refractivity contribution in [3.8, 4) is 5.75 Å². The van der Waals surface area contributed by atoms with Crippen LogP contribution >= 0.6 is 0 Å². The van der Waals surface area contributed by atoms with Crippen LogP contribution in [0.2, 0.25) is 0 Å². The molecule has 0 bridgehead atoms. The number of aromatic nitrogens is 2. The van der Waals surface area contributed by atoms with Crippen LogP contribution in [0.3, 0.4) is 0 Å². The molecular formula is C17H16F2N2O2. The summed E-state index contributed by atoms with van der Waals surface area (Å²) in [5, 5.41) is 9.47. The summed E-state index contributed by atoms with van der Waals surface area (Å²) in [4.78, 5) is 4.37. The Morgan fingerprint density at radius 3 is 2.57 bits per heavy atom. The van der Waals surface area contributed by atoms with Gasteiger partial charge in [0.2, 0.25) is 0 Å². The van der Waals surface area contributed by atoms with Crippen molar-refractivity contribution in [1.29, 1.82) is 0 Å². The molecule has 0 radical (unpaired) electrons. The van der Waals surface area contributed by atoms with Crippen LogP contribution in [0.25, 0.3) is 5.65 Å². The number of fused-ring (bicyclic) bond motifs is 1. The van der Waals surface area contributed by atoms with E-state index in [1.54, 1.807) is 17.4 Å². The van der Waals surface area contributed by atoms with Gasteiger partial charge in [0.1, 0.15) is 18.2 Å². The number of hydrogen-bond acceptors (Lipinski definition) is 3. The lowest BCUT2D eigenvalue weighted by Crippen LogP contribution is -2.04. The highest BCUT2D eigenvalue weighted by Crippen LogP contribution is 2.25. The second kappa shape index (κ2) is 5.96. The van der Waals surface area contributed by atoms with Gasteiger partial charge in [-0.2, -0.15) is 0 Å². The third-order valence-corrected chi connectivity index (χ3v) is 3.71. The Labute approximate surface area is 132 Å². The molecule has 0 fully saturated rings. The molecule has 0 unspecified atom stereocenters. The van der Waals surface area contributed by atoms with Crippen molar-refractivity contribution in [2.24, 2.45) is 0 Å². The van der Waals surface area contributed by atoms with Crippen LogP contribution in [0, 0.1) is 25.5 Å². The molecule has 0 spiro atoms. The normalized spacial score (nSPS) is 11.2. The van der Waals surface area contributed by atoms with E-state index in [4.69, 9.17) is 4.74 Å². The Bertz CT molecular complexity index is 854. The third kappa shape index (κ3) is 2.77. The first-order valence-electron chi connectivity index (χ1n) is 7.16. The molecule has 0 atom stereocenters. The molecule has 6 heteroatoms. The molecule has 0 amide bonds. The Balaban J connectivity index is 2.00. The Kier molecular flexibility index (Phi) is 4.00. The van der Waals surface area contributed by atoms with Crippen molar-refractivity contribution < 1.29 is 18.6 Å². The van der Waals surface area contributed by atoms with E-state index in [0.717, 1.165) is 5.56 Å². The maximum absolute atomic E-state index is 13.7. The van der Waals surface area contributed by atoms with Crippen molar-refractivity contribution in [2.45, 2.75) is 27.1 Å². The summed E-state index contributed by atoms with van der Waals surface area (Å²) in [6.45, 7) is 3.26. The summed E-state index contributed by atoms with van der Waals surface area (Å²) in [6.07, 6.45) is 1.83. The fourth-order valence-electron chi connectivity index (χ4n) is 2.52. The van der Waals surface area contributed by atoms with Crippen molar-refractivity contribution in [1.82, 2.24) is 9.38 Å². The second-order valence-corrected chi connectivity index (χ2v) is 5.37. The summed E-state index contributed by atoms with van der Waals surface area (Å²) < 4.78 is 34.7. The summed E-state index contributed by atoms with van der Waals surface area (Å²) in [7, 11) is 0. The van der Waals surface area contributed by atoms with Crippen molar-refractivity contribution >= 4 is 5.65 Å². The number of ether oxygens (including phenoxy) is 1. The number of hydrogen-bond donors (Lipinski definition) is 1. The minimum atomic E-state index is -0.649. The van der Waals surface area contributed by atoms with Gasteiger partial charge in [0, 0.05) is 6.20 Å². The van der Waals surface area contributed by atoms with Gasteiger partial charge in [-0.15, -0.1) is 0 Å². The number of halogens is 2. The van der Waals surface area contributed by atoms with Crippen LogP contribution in [0.1, 0.15) is 22.5 Å². The average molecular weight is 318 g/mol. The predicted octanol–water partition coefficient (Wildman–Crippen LogP) is 3.30. The summed E-state index contributed by atoms with van der Waals surface area (Å²) in [5.41, 5.74) is 2.60. The summed E-state index contributed by atoms with van der Waals surface area (Å²) >= 11 is 0. The van der Waals surface area contributed by atoms with E-state index >= 15 is 0 Å². The van der Waals surface area contributed by atoms with E-state index in [-0.39, 0.29) is 18.8 Å². The van der Waals surface area contributed by atoms with Crippen molar-refractivity contribution in [2.75, 3.05) is 0 Å². The molecule has 3 aromatic rings. The van der Waals surface area contributed by atoms with Gasteiger partial charge >= 0.3 is 0 Å². The molecule has 120 valence electrons. The van der Waals surface area contributed by atoms with Gasteiger partial charge < -0.3 is 9.84 Å². The van der Waals surface area contributed by atoms with Gasteiger partial charge in [-0.25, -0.2) is 13.8 Å². The fourth-order valence-corrected chi connectivity index (χ4v) is 2.52. The topological polar surface area (TPSA) is 46.8 Å². The van der Waals surface area contributed by atoms with Gasteiger partial charge in [-0.05, 0) is 37.6 Å². The second-order valence-electron chi connectivity index (χ2n) is 5.37. The van der Waals surface area contributed by atoms with Crippen LogP contribution in [0.4, 0.5) is 8.78 Å². The number of benzene rings is 1. The quantitative estimate of drug-likeness (QED) is 0.803.